The van der Waals surface area contributed by atoms with E-state index in [-0.39, 0.29) is 11.9 Å². The Hall–Kier alpha value is -2.37. The van der Waals surface area contributed by atoms with Gasteiger partial charge in [-0.3, -0.25) is 4.79 Å². The maximum Gasteiger partial charge on any atom is 0.246 e. The van der Waals surface area contributed by atoms with Crippen LogP contribution in [0.1, 0.15) is 44.1 Å². The van der Waals surface area contributed by atoms with Crippen molar-refractivity contribution < 1.29 is 4.79 Å². The van der Waals surface area contributed by atoms with Gasteiger partial charge in [0.1, 0.15) is 17.8 Å². The molecule has 0 aromatic carbocycles. The maximum atomic E-state index is 11.9. The summed E-state index contributed by atoms with van der Waals surface area (Å²) >= 11 is 0. The lowest BCUT2D eigenvalue weighted by Gasteiger charge is -2.33. The van der Waals surface area contributed by atoms with Crippen molar-refractivity contribution in [2.75, 3.05) is 18.4 Å². The average Bonchev–Trinajstić information content (AvgIpc) is 3.32. The monoisotopic (exact) mass is 353 g/mol. The fourth-order valence-corrected chi connectivity index (χ4v) is 4.44. The standard InChI is InChI=1S/C20H27N5O/c1-2-17(26)25-9-5-8-16(12-25)24-20-18-15(10-14-6-3-4-7-14)11-21-19(18)22-13-23-20/h2,11,13-14,16H,1,3-10,12H2,(H2,21,22,23,24). The summed E-state index contributed by atoms with van der Waals surface area (Å²) in [7, 11) is 0. The Morgan fingerprint density at radius 3 is 2.96 bits per heavy atom. The van der Waals surface area contributed by atoms with Crippen LogP contribution in [0.2, 0.25) is 0 Å². The van der Waals surface area contributed by atoms with Crippen LogP contribution in [0.25, 0.3) is 11.0 Å². The number of nitrogens with one attached hydrogen (secondary N) is 2. The van der Waals surface area contributed by atoms with Gasteiger partial charge in [0.15, 0.2) is 0 Å². The Morgan fingerprint density at radius 1 is 1.31 bits per heavy atom. The third-order valence-electron chi connectivity index (χ3n) is 5.78. The second kappa shape index (κ2) is 7.48. The van der Waals surface area contributed by atoms with E-state index in [4.69, 9.17) is 0 Å². The minimum absolute atomic E-state index is 0.00732. The molecule has 2 aromatic heterocycles. The van der Waals surface area contributed by atoms with Crippen molar-refractivity contribution in [3.05, 3.63) is 30.7 Å². The normalized spacial score (nSPS) is 21.2. The van der Waals surface area contributed by atoms with Crippen LogP contribution in [0.15, 0.2) is 25.2 Å². The Balaban J connectivity index is 1.54. The zero-order chi connectivity index (χ0) is 17.9. The number of carbonyl (C=O) groups excluding carboxylic acids is 1. The van der Waals surface area contributed by atoms with Crippen LogP contribution in [0, 0.1) is 5.92 Å². The number of amides is 1. The van der Waals surface area contributed by atoms with Crippen molar-refractivity contribution >= 4 is 22.8 Å². The third-order valence-corrected chi connectivity index (χ3v) is 5.78. The lowest BCUT2D eigenvalue weighted by molar-refractivity contribution is -0.127. The second-order valence-electron chi connectivity index (χ2n) is 7.59. The van der Waals surface area contributed by atoms with Gasteiger partial charge in [0.2, 0.25) is 5.91 Å². The van der Waals surface area contributed by atoms with Gasteiger partial charge in [-0.15, -0.1) is 0 Å². The molecule has 0 radical (unpaired) electrons. The maximum absolute atomic E-state index is 11.9. The molecule has 2 fully saturated rings. The molecule has 3 heterocycles. The first-order chi connectivity index (χ1) is 12.7. The fourth-order valence-electron chi connectivity index (χ4n) is 4.44. The molecule has 1 saturated heterocycles. The highest BCUT2D eigenvalue weighted by atomic mass is 16.2. The molecule has 2 aromatic rings. The van der Waals surface area contributed by atoms with Gasteiger partial charge in [0.05, 0.1) is 5.39 Å². The number of piperidine rings is 1. The molecule has 138 valence electrons. The van der Waals surface area contributed by atoms with E-state index < -0.39 is 0 Å². The smallest absolute Gasteiger partial charge is 0.246 e. The molecule has 1 unspecified atom stereocenters. The van der Waals surface area contributed by atoms with Gasteiger partial charge in [-0.1, -0.05) is 32.3 Å². The minimum Gasteiger partial charge on any atom is -0.365 e. The molecule has 2 aliphatic rings. The molecule has 6 nitrogen and oxygen atoms in total. The largest absolute Gasteiger partial charge is 0.365 e. The molecule has 6 heteroatoms. The van der Waals surface area contributed by atoms with Crippen LogP contribution < -0.4 is 5.32 Å². The van der Waals surface area contributed by atoms with Gasteiger partial charge < -0.3 is 15.2 Å². The van der Waals surface area contributed by atoms with Crippen LogP contribution >= 0.6 is 0 Å². The van der Waals surface area contributed by atoms with Crippen molar-refractivity contribution in [2.45, 2.75) is 51.0 Å². The summed E-state index contributed by atoms with van der Waals surface area (Å²) in [6.07, 6.45) is 13.6. The Kier molecular flexibility index (Phi) is 4.91. The number of carbonyl (C=O) groups is 1. The summed E-state index contributed by atoms with van der Waals surface area (Å²) in [5.74, 6) is 1.67. The van der Waals surface area contributed by atoms with Gasteiger partial charge in [-0.25, -0.2) is 9.97 Å². The van der Waals surface area contributed by atoms with Crippen LogP contribution in [0.4, 0.5) is 5.82 Å². The quantitative estimate of drug-likeness (QED) is 0.809. The Labute approximate surface area is 154 Å². The molecule has 0 bridgehead atoms. The molecule has 26 heavy (non-hydrogen) atoms. The lowest BCUT2D eigenvalue weighted by atomic mass is 9.98. The molecule has 1 saturated carbocycles. The van der Waals surface area contributed by atoms with Gasteiger partial charge in [0, 0.05) is 25.3 Å². The predicted molar refractivity (Wildman–Crippen MR) is 103 cm³/mol. The number of hydrogen-bond acceptors (Lipinski definition) is 4. The van der Waals surface area contributed by atoms with E-state index in [0.717, 1.165) is 48.6 Å². The number of rotatable bonds is 5. The first kappa shape index (κ1) is 17.1. The predicted octanol–water partition coefficient (Wildman–Crippen LogP) is 3.28. The zero-order valence-corrected chi connectivity index (χ0v) is 15.2. The first-order valence-corrected chi connectivity index (χ1v) is 9.73. The second-order valence-corrected chi connectivity index (χ2v) is 7.59. The lowest BCUT2D eigenvalue weighted by Crippen LogP contribution is -2.44. The van der Waals surface area contributed by atoms with Gasteiger partial charge in [0.25, 0.3) is 0 Å². The zero-order valence-electron chi connectivity index (χ0n) is 15.2. The van der Waals surface area contributed by atoms with Gasteiger partial charge in [-0.2, -0.15) is 0 Å². The summed E-state index contributed by atoms with van der Waals surface area (Å²) in [5, 5.41) is 4.70. The summed E-state index contributed by atoms with van der Waals surface area (Å²) < 4.78 is 0. The summed E-state index contributed by atoms with van der Waals surface area (Å²) in [5.41, 5.74) is 2.20. The first-order valence-electron chi connectivity index (χ1n) is 9.73. The van der Waals surface area contributed by atoms with E-state index in [0.29, 0.717) is 6.54 Å². The number of aromatic nitrogens is 3. The van der Waals surface area contributed by atoms with E-state index in [9.17, 15) is 4.79 Å². The topological polar surface area (TPSA) is 73.9 Å². The van der Waals surface area contributed by atoms with Crippen LogP contribution in [-0.4, -0.2) is 44.9 Å². The number of likely N-dealkylation sites (tertiary alicyclic amines) is 1. The Morgan fingerprint density at radius 2 is 2.15 bits per heavy atom. The van der Waals surface area contributed by atoms with Crippen LogP contribution in [-0.2, 0) is 11.2 Å². The minimum atomic E-state index is 0.00732. The molecule has 1 atom stereocenters. The van der Waals surface area contributed by atoms with E-state index in [1.165, 1.54) is 37.3 Å². The van der Waals surface area contributed by atoms with E-state index >= 15 is 0 Å². The van der Waals surface area contributed by atoms with Gasteiger partial charge >= 0.3 is 0 Å². The highest BCUT2D eigenvalue weighted by molar-refractivity contribution is 5.90. The molecule has 4 rings (SSSR count). The number of nitrogens with zero attached hydrogens (tertiary/aromatic N) is 3. The van der Waals surface area contributed by atoms with E-state index in [1.54, 1.807) is 6.33 Å². The summed E-state index contributed by atoms with van der Waals surface area (Å²) in [6, 6.07) is 0.208. The van der Waals surface area contributed by atoms with Crippen molar-refractivity contribution in [2.24, 2.45) is 5.92 Å². The van der Waals surface area contributed by atoms with Crippen LogP contribution in [0.3, 0.4) is 0 Å². The van der Waals surface area contributed by atoms with Crippen molar-refractivity contribution in [1.82, 2.24) is 19.9 Å². The van der Waals surface area contributed by atoms with Crippen molar-refractivity contribution in [3.63, 3.8) is 0 Å². The van der Waals surface area contributed by atoms with Gasteiger partial charge in [-0.05, 0) is 36.8 Å². The van der Waals surface area contributed by atoms with E-state index in [2.05, 4.69) is 33.0 Å². The molecule has 0 spiro atoms. The number of H-pyrrole nitrogens is 1. The number of anilines is 1. The molecular weight excluding hydrogens is 326 g/mol. The average molecular weight is 353 g/mol. The highest BCUT2D eigenvalue weighted by Gasteiger charge is 2.24. The molecule has 1 aliphatic heterocycles. The summed E-state index contributed by atoms with van der Waals surface area (Å²) in [6.45, 7) is 5.10. The van der Waals surface area contributed by atoms with Crippen molar-refractivity contribution in [3.8, 4) is 0 Å². The summed E-state index contributed by atoms with van der Waals surface area (Å²) in [4.78, 5) is 26.0. The van der Waals surface area contributed by atoms with Crippen molar-refractivity contribution in [1.29, 1.82) is 0 Å². The molecule has 1 amide bonds. The Bertz CT molecular complexity index is 793. The number of fused-ring (bicyclic) bond motifs is 1. The third kappa shape index (κ3) is 3.45. The molecule has 2 N–H and O–H groups in total. The van der Waals surface area contributed by atoms with Crippen LogP contribution in [0.5, 0.6) is 0 Å². The molecule has 1 aliphatic carbocycles. The molecular formula is C20H27N5O. The number of hydrogen-bond donors (Lipinski definition) is 2. The SMILES string of the molecule is C=CC(=O)N1CCCC(Nc2ncnc3[nH]cc(CC4CCCC4)c23)C1. The fraction of sp³-hybridized carbons (Fsp3) is 0.550. The van der Waals surface area contributed by atoms with E-state index in [1.807, 2.05) is 4.90 Å². The highest BCUT2D eigenvalue weighted by Crippen LogP contribution is 2.32. The number of aromatic amines is 1.